The fourth-order valence-corrected chi connectivity index (χ4v) is 12.5. The molecule has 92 heavy (non-hydrogen) atoms. The Kier molecular flexibility index (Phi) is 61.3. The molecule has 0 aromatic rings. The minimum atomic E-state index is -4.96. The Balaban J connectivity index is 5.28. The summed E-state index contributed by atoms with van der Waals surface area (Å²) in [7, 11) is -9.91. The van der Waals surface area contributed by atoms with Gasteiger partial charge in [-0.2, -0.15) is 0 Å². The van der Waals surface area contributed by atoms with Crippen LogP contribution < -0.4 is 0 Å². The SMILES string of the molecule is CCC(C)CCCCCCCCCCC(=O)OC[C@H](COP(=O)(O)OC[C@@H](O)COP(=O)(O)OC[C@@H](COC(=O)CCCCCCCCCCC(C)CC)OC(=O)CCCCCCCCCCC(C)CC)OC(=O)CCCCCCCCCCCCCCCC(C)C. The van der Waals surface area contributed by atoms with Crippen LogP contribution in [0.2, 0.25) is 0 Å². The molecular weight excluding hydrogens is 1210 g/mol. The Morgan fingerprint density at radius 1 is 0.304 bits per heavy atom. The Morgan fingerprint density at radius 3 is 0.772 bits per heavy atom. The first-order chi connectivity index (χ1) is 44.2. The Morgan fingerprint density at radius 2 is 0.522 bits per heavy atom. The van der Waals surface area contributed by atoms with Crippen molar-refractivity contribution in [3.8, 4) is 0 Å². The molecule has 5 unspecified atom stereocenters. The predicted octanol–water partition coefficient (Wildman–Crippen LogP) is 20.9. The van der Waals surface area contributed by atoms with Crippen molar-refractivity contribution in [2.24, 2.45) is 23.7 Å². The molecule has 17 nitrogen and oxygen atoms in total. The number of hydrogen-bond donors (Lipinski definition) is 3. The van der Waals surface area contributed by atoms with E-state index in [1.807, 2.05) is 0 Å². The Hall–Kier alpha value is -1.94. The van der Waals surface area contributed by atoms with Gasteiger partial charge in [-0.3, -0.25) is 37.3 Å². The lowest BCUT2D eigenvalue weighted by atomic mass is 9.99. The molecule has 0 heterocycles. The first-order valence-corrected chi connectivity index (χ1v) is 40.8. The van der Waals surface area contributed by atoms with Crippen molar-refractivity contribution < 1.29 is 80.2 Å². The highest BCUT2D eigenvalue weighted by Gasteiger charge is 2.30. The zero-order valence-corrected chi connectivity index (χ0v) is 62.0. The molecule has 0 fully saturated rings. The quantitative estimate of drug-likeness (QED) is 0.0222. The zero-order valence-electron chi connectivity index (χ0n) is 60.2. The average Bonchev–Trinajstić information content (AvgIpc) is 1.93. The second-order valence-electron chi connectivity index (χ2n) is 27.5. The van der Waals surface area contributed by atoms with Gasteiger partial charge in [-0.1, -0.05) is 312 Å². The third-order valence-electron chi connectivity index (χ3n) is 17.9. The van der Waals surface area contributed by atoms with Crippen molar-refractivity contribution in [3.05, 3.63) is 0 Å². The van der Waals surface area contributed by atoms with Gasteiger partial charge in [0, 0.05) is 25.7 Å². The van der Waals surface area contributed by atoms with Gasteiger partial charge in [-0.25, -0.2) is 9.13 Å². The van der Waals surface area contributed by atoms with E-state index in [1.54, 1.807) is 0 Å². The van der Waals surface area contributed by atoms with Gasteiger partial charge in [-0.15, -0.1) is 0 Å². The van der Waals surface area contributed by atoms with Crippen molar-refractivity contribution in [2.45, 2.75) is 382 Å². The van der Waals surface area contributed by atoms with Crippen molar-refractivity contribution >= 4 is 39.5 Å². The minimum absolute atomic E-state index is 0.104. The first-order valence-electron chi connectivity index (χ1n) is 37.8. The highest BCUT2D eigenvalue weighted by atomic mass is 31.2. The normalized spacial score (nSPS) is 15.1. The fraction of sp³-hybridized carbons (Fsp3) is 0.945. The summed E-state index contributed by atoms with van der Waals surface area (Å²) < 4.78 is 68.4. The van der Waals surface area contributed by atoms with Gasteiger partial charge in [0.15, 0.2) is 12.2 Å². The van der Waals surface area contributed by atoms with E-state index in [9.17, 15) is 43.2 Å². The summed E-state index contributed by atoms with van der Waals surface area (Å²) in [6, 6.07) is 0. The van der Waals surface area contributed by atoms with Crippen LogP contribution in [0.3, 0.4) is 0 Å². The molecule has 0 saturated heterocycles. The molecule has 546 valence electrons. The van der Waals surface area contributed by atoms with Crippen LogP contribution in [0.1, 0.15) is 364 Å². The maximum atomic E-state index is 13.1. The molecule has 0 aliphatic carbocycles. The van der Waals surface area contributed by atoms with Crippen LogP contribution in [0.15, 0.2) is 0 Å². The maximum Gasteiger partial charge on any atom is 0.472 e. The van der Waals surface area contributed by atoms with E-state index in [0.717, 1.165) is 114 Å². The van der Waals surface area contributed by atoms with Crippen molar-refractivity contribution in [3.63, 3.8) is 0 Å². The zero-order chi connectivity index (χ0) is 68.2. The molecule has 8 atom stereocenters. The van der Waals surface area contributed by atoms with E-state index in [0.29, 0.717) is 25.7 Å². The summed E-state index contributed by atoms with van der Waals surface area (Å²) >= 11 is 0. The number of phosphoric acid groups is 2. The van der Waals surface area contributed by atoms with E-state index in [1.165, 1.54) is 167 Å². The van der Waals surface area contributed by atoms with Crippen LogP contribution in [0.25, 0.3) is 0 Å². The smallest absolute Gasteiger partial charge is 0.462 e. The fourth-order valence-electron chi connectivity index (χ4n) is 10.9. The molecule has 3 N–H and O–H groups in total. The van der Waals surface area contributed by atoms with Crippen LogP contribution in [0.5, 0.6) is 0 Å². The third-order valence-corrected chi connectivity index (χ3v) is 19.8. The minimum Gasteiger partial charge on any atom is -0.462 e. The number of phosphoric ester groups is 2. The van der Waals surface area contributed by atoms with Gasteiger partial charge >= 0.3 is 39.5 Å². The number of carbonyl (C=O) groups excluding carboxylic acids is 4. The molecule has 19 heteroatoms. The highest BCUT2D eigenvalue weighted by molar-refractivity contribution is 7.47. The summed E-state index contributed by atoms with van der Waals surface area (Å²) in [5, 5.41) is 10.6. The van der Waals surface area contributed by atoms with Gasteiger partial charge in [0.2, 0.25) is 0 Å². The van der Waals surface area contributed by atoms with Gasteiger partial charge in [0.25, 0.3) is 0 Å². The van der Waals surface area contributed by atoms with Crippen LogP contribution in [0, 0.1) is 23.7 Å². The first kappa shape index (κ1) is 90.1. The van der Waals surface area contributed by atoms with Crippen molar-refractivity contribution in [2.75, 3.05) is 39.6 Å². The average molecular weight is 1350 g/mol. The molecular formula is C73H142O17P2. The lowest BCUT2D eigenvalue weighted by Gasteiger charge is -2.21. The summed E-state index contributed by atoms with van der Waals surface area (Å²) in [6.45, 7) is 14.2. The molecule has 0 aromatic carbocycles. The molecule has 0 aromatic heterocycles. The molecule has 0 aliphatic heterocycles. The maximum absolute atomic E-state index is 13.1. The van der Waals surface area contributed by atoms with Crippen LogP contribution >= 0.6 is 15.6 Å². The molecule has 0 saturated carbocycles. The number of aliphatic hydroxyl groups excluding tert-OH is 1. The summed E-state index contributed by atoms with van der Waals surface area (Å²) in [6.07, 6.45) is 45.6. The number of unbranched alkanes of at least 4 members (excludes halogenated alkanes) is 33. The molecule has 0 rings (SSSR count). The van der Waals surface area contributed by atoms with Gasteiger partial charge in [-0.05, 0) is 49.4 Å². The lowest BCUT2D eigenvalue weighted by molar-refractivity contribution is -0.161. The second kappa shape index (κ2) is 62.6. The van der Waals surface area contributed by atoms with E-state index >= 15 is 0 Å². The molecule has 0 radical (unpaired) electrons. The predicted molar refractivity (Wildman–Crippen MR) is 372 cm³/mol. The van der Waals surface area contributed by atoms with Crippen LogP contribution in [-0.4, -0.2) is 96.7 Å². The molecule has 0 bridgehead atoms. The van der Waals surface area contributed by atoms with Crippen molar-refractivity contribution in [1.29, 1.82) is 0 Å². The molecule has 0 spiro atoms. The number of rotatable bonds is 70. The topological polar surface area (TPSA) is 237 Å². The lowest BCUT2D eigenvalue weighted by Crippen LogP contribution is -2.30. The Labute approximate surface area is 562 Å². The summed E-state index contributed by atoms with van der Waals surface area (Å²) in [5.74, 6) is 0.985. The van der Waals surface area contributed by atoms with Crippen LogP contribution in [0.4, 0.5) is 0 Å². The van der Waals surface area contributed by atoms with E-state index < -0.39 is 97.5 Å². The standard InChI is InChI=1S/C73H142O17P2/c1-9-64(6)50-42-34-26-19-22-29-37-45-53-70(75)83-59-68(89-72(77)55-47-39-31-18-16-14-12-13-15-17-25-33-41-49-63(4)5)61-87-91(79,80)85-57-67(74)58-86-92(81,82)88-62-69(90-73(78)56-48-40-32-24-21-28-36-44-52-66(8)11-3)60-84-71(76)54-46-38-30-23-20-27-35-43-51-65(7)10-2/h63-69,74H,9-62H2,1-8H3,(H,79,80)(H,81,82)/t64?,65?,66?,67-,68-,69-/m1/s1. The third kappa shape index (κ3) is 62.8. The number of aliphatic hydroxyl groups is 1. The van der Waals surface area contributed by atoms with Gasteiger partial charge < -0.3 is 33.8 Å². The molecule has 0 amide bonds. The second-order valence-corrected chi connectivity index (χ2v) is 30.4. The highest BCUT2D eigenvalue weighted by Crippen LogP contribution is 2.45. The van der Waals surface area contributed by atoms with E-state index in [2.05, 4.69) is 55.4 Å². The monoisotopic (exact) mass is 1350 g/mol. The van der Waals surface area contributed by atoms with Gasteiger partial charge in [0.05, 0.1) is 26.4 Å². The van der Waals surface area contributed by atoms with E-state index in [-0.39, 0.29) is 25.7 Å². The molecule has 0 aliphatic rings. The largest absolute Gasteiger partial charge is 0.472 e. The number of esters is 4. The number of hydrogen-bond acceptors (Lipinski definition) is 15. The summed E-state index contributed by atoms with van der Waals surface area (Å²) in [5.41, 5.74) is 0. The van der Waals surface area contributed by atoms with E-state index in [4.69, 9.17) is 37.0 Å². The number of ether oxygens (including phenoxy) is 4. The Bertz CT molecular complexity index is 1820. The van der Waals surface area contributed by atoms with Gasteiger partial charge in [0.1, 0.15) is 19.3 Å². The summed E-state index contributed by atoms with van der Waals surface area (Å²) in [4.78, 5) is 72.7. The van der Waals surface area contributed by atoms with Crippen LogP contribution in [-0.2, 0) is 65.4 Å². The van der Waals surface area contributed by atoms with Crippen molar-refractivity contribution in [1.82, 2.24) is 0 Å². The number of carbonyl (C=O) groups is 4.